The summed E-state index contributed by atoms with van der Waals surface area (Å²) in [6.07, 6.45) is 1.02. The van der Waals surface area contributed by atoms with E-state index in [9.17, 15) is 14.9 Å². The van der Waals surface area contributed by atoms with E-state index in [2.05, 4.69) is 32.2 Å². The van der Waals surface area contributed by atoms with Crippen LogP contribution >= 0.6 is 23.4 Å². The van der Waals surface area contributed by atoms with Gasteiger partial charge in [0, 0.05) is 35.3 Å². The Morgan fingerprint density at radius 2 is 1.90 bits per heavy atom. The molecule has 1 N–H and O–H groups in total. The van der Waals surface area contributed by atoms with E-state index < -0.39 is 4.92 Å². The van der Waals surface area contributed by atoms with Crippen molar-refractivity contribution in [3.05, 3.63) is 75.1 Å². The molecule has 1 heterocycles. The smallest absolute Gasteiger partial charge is 0.269 e. The second-order valence-corrected chi connectivity index (χ2v) is 8.61. The number of amides is 1. The second-order valence-electron chi connectivity index (χ2n) is 7.23. The molecule has 8 nitrogen and oxygen atoms in total. The van der Waals surface area contributed by atoms with Crippen LogP contribution in [0.1, 0.15) is 36.6 Å². The fraction of sp³-hybridized carbons (Fsp3) is 0.286. The number of aromatic nitrogens is 3. The molecule has 1 aliphatic carbocycles. The Hall–Kier alpha value is -2.91. The number of thioether (sulfide) groups is 1. The van der Waals surface area contributed by atoms with Gasteiger partial charge in [0.15, 0.2) is 5.16 Å². The van der Waals surface area contributed by atoms with Gasteiger partial charge in [-0.1, -0.05) is 35.5 Å². The van der Waals surface area contributed by atoms with Gasteiger partial charge in [0.1, 0.15) is 5.82 Å². The predicted octanol–water partition coefficient (Wildman–Crippen LogP) is 4.86. The van der Waals surface area contributed by atoms with Crippen LogP contribution < -0.4 is 5.32 Å². The number of rotatable bonds is 8. The number of anilines is 1. The average molecular weight is 458 g/mol. The van der Waals surface area contributed by atoms with E-state index in [4.69, 9.17) is 11.6 Å². The molecular formula is C21H20ClN5O3S. The number of nitrogens with zero attached hydrogens (tertiary/aromatic N) is 4. The summed E-state index contributed by atoms with van der Waals surface area (Å²) >= 11 is 7.31. The number of halogens is 1. The Morgan fingerprint density at radius 1 is 1.19 bits per heavy atom. The van der Waals surface area contributed by atoms with Crippen LogP contribution in [0.4, 0.5) is 11.4 Å². The van der Waals surface area contributed by atoms with Gasteiger partial charge in [-0.25, -0.2) is 0 Å². The van der Waals surface area contributed by atoms with Gasteiger partial charge in [0.05, 0.1) is 10.7 Å². The summed E-state index contributed by atoms with van der Waals surface area (Å²) in [7, 11) is 0. The number of hydrogen-bond donors (Lipinski definition) is 1. The van der Waals surface area contributed by atoms with Gasteiger partial charge in [0.25, 0.3) is 5.69 Å². The van der Waals surface area contributed by atoms with Crippen LogP contribution in [0.2, 0.25) is 5.02 Å². The molecule has 0 unspecified atom stereocenters. The summed E-state index contributed by atoms with van der Waals surface area (Å²) in [6, 6.07) is 13.7. The molecule has 0 radical (unpaired) electrons. The first-order valence-corrected chi connectivity index (χ1v) is 11.2. The number of benzene rings is 2. The zero-order valence-electron chi connectivity index (χ0n) is 16.7. The Morgan fingerprint density at radius 3 is 2.55 bits per heavy atom. The molecule has 1 aliphatic rings. The molecule has 160 valence electrons. The number of hydrogen-bond acceptors (Lipinski definition) is 6. The first-order valence-electron chi connectivity index (χ1n) is 9.82. The summed E-state index contributed by atoms with van der Waals surface area (Å²) in [5.74, 6) is 1.63. The largest absolute Gasteiger partial charge is 0.325 e. The van der Waals surface area contributed by atoms with Crippen LogP contribution in [0.5, 0.6) is 0 Å². The van der Waals surface area contributed by atoms with Crippen LogP contribution in [-0.4, -0.2) is 31.3 Å². The lowest BCUT2D eigenvalue weighted by Gasteiger charge is -2.08. The fourth-order valence-corrected chi connectivity index (χ4v) is 4.47. The molecule has 1 saturated carbocycles. The minimum Gasteiger partial charge on any atom is -0.325 e. The normalized spacial score (nSPS) is 17.4. The molecule has 0 spiro atoms. The number of nitrogens with one attached hydrogen (secondary N) is 1. The Labute approximate surface area is 188 Å². The molecule has 10 heteroatoms. The molecule has 1 fully saturated rings. The molecule has 4 rings (SSSR count). The Kier molecular flexibility index (Phi) is 6.24. The van der Waals surface area contributed by atoms with Crippen LogP contribution in [0, 0.1) is 10.1 Å². The predicted molar refractivity (Wildman–Crippen MR) is 120 cm³/mol. The highest BCUT2D eigenvalue weighted by Crippen LogP contribution is 2.54. The van der Waals surface area contributed by atoms with E-state index in [1.807, 2.05) is 19.1 Å². The van der Waals surface area contributed by atoms with Crippen molar-refractivity contribution in [3.63, 3.8) is 0 Å². The lowest BCUT2D eigenvalue weighted by atomic mass is 10.1. The molecule has 31 heavy (non-hydrogen) atoms. The second kappa shape index (κ2) is 9.07. The lowest BCUT2D eigenvalue weighted by molar-refractivity contribution is -0.384. The van der Waals surface area contributed by atoms with Crippen LogP contribution in [0.3, 0.4) is 0 Å². The van der Waals surface area contributed by atoms with Crippen molar-refractivity contribution < 1.29 is 9.72 Å². The first kappa shape index (κ1) is 21.3. The quantitative estimate of drug-likeness (QED) is 0.294. The molecule has 1 aromatic heterocycles. The molecule has 0 saturated heterocycles. The zero-order chi connectivity index (χ0) is 22.0. The van der Waals surface area contributed by atoms with E-state index in [1.165, 1.54) is 41.6 Å². The van der Waals surface area contributed by atoms with E-state index >= 15 is 0 Å². The SMILES string of the molecule is CCn1c(SCC(=O)Nc2ccc([N+](=O)[O-])cc2)nnc1[C@H]1C[C@H]1c1ccc(Cl)cc1. The van der Waals surface area contributed by atoms with E-state index in [0.29, 0.717) is 22.7 Å². The van der Waals surface area contributed by atoms with Crippen molar-refractivity contribution in [3.8, 4) is 0 Å². The molecule has 0 bridgehead atoms. The molecule has 2 aromatic carbocycles. The number of carbonyl (C=O) groups is 1. The summed E-state index contributed by atoms with van der Waals surface area (Å²) in [5.41, 5.74) is 1.74. The Balaban J connectivity index is 1.36. The van der Waals surface area contributed by atoms with Crippen molar-refractivity contribution in [1.82, 2.24) is 14.8 Å². The highest BCUT2D eigenvalue weighted by molar-refractivity contribution is 7.99. The molecule has 0 aliphatic heterocycles. The van der Waals surface area contributed by atoms with E-state index in [0.717, 1.165) is 23.8 Å². The van der Waals surface area contributed by atoms with E-state index in [1.54, 1.807) is 0 Å². The average Bonchev–Trinajstić information content (AvgIpc) is 3.44. The Bertz CT molecular complexity index is 1100. The van der Waals surface area contributed by atoms with E-state index in [-0.39, 0.29) is 17.3 Å². The summed E-state index contributed by atoms with van der Waals surface area (Å²) in [5, 5.41) is 23.6. The third-order valence-electron chi connectivity index (χ3n) is 5.18. The maximum Gasteiger partial charge on any atom is 0.269 e. The monoisotopic (exact) mass is 457 g/mol. The summed E-state index contributed by atoms with van der Waals surface area (Å²) in [6.45, 7) is 2.76. The van der Waals surface area contributed by atoms with Gasteiger partial charge < -0.3 is 9.88 Å². The molecule has 1 amide bonds. The van der Waals surface area contributed by atoms with Gasteiger partial charge >= 0.3 is 0 Å². The number of nitro benzene ring substituents is 1. The highest BCUT2D eigenvalue weighted by Gasteiger charge is 2.43. The van der Waals surface area contributed by atoms with Gasteiger partial charge in [-0.05, 0) is 49.1 Å². The van der Waals surface area contributed by atoms with Crippen molar-refractivity contribution in [2.75, 3.05) is 11.1 Å². The summed E-state index contributed by atoms with van der Waals surface area (Å²) in [4.78, 5) is 22.5. The van der Waals surface area contributed by atoms with Crippen molar-refractivity contribution in [1.29, 1.82) is 0 Å². The molecule has 2 atom stereocenters. The third kappa shape index (κ3) is 4.88. The van der Waals surface area contributed by atoms with Crippen LogP contribution in [0.15, 0.2) is 53.7 Å². The van der Waals surface area contributed by atoms with Crippen molar-refractivity contribution in [2.24, 2.45) is 0 Å². The van der Waals surface area contributed by atoms with Gasteiger partial charge in [-0.3, -0.25) is 14.9 Å². The number of carbonyl (C=O) groups excluding carboxylic acids is 1. The van der Waals surface area contributed by atoms with Gasteiger partial charge in [0.2, 0.25) is 5.91 Å². The van der Waals surface area contributed by atoms with Crippen LogP contribution in [-0.2, 0) is 11.3 Å². The topological polar surface area (TPSA) is 103 Å². The van der Waals surface area contributed by atoms with Gasteiger partial charge in [-0.2, -0.15) is 0 Å². The van der Waals surface area contributed by atoms with Crippen molar-refractivity contribution >= 4 is 40.6 Å². The lowest BCUT2D eigenvalue weighted by Crippen LogP contribution is -2.14. The number of non-ortho nitro benzene ring substituents is 1. The first-order chi connectivity index (χ1) is 15.0. The standard InChI is InChI=1S/C21H20ClN5O3S/c1-2-26-20(18-11-17(18)13-3-5-14(22)6-4-13)24-25-21(26)31-12-19(28)23-15-7-9-16(10-8-15)27(29)30/h3-10,17-18H,2,11-12H2,1H3,(H,23,28)/t17-,18-/m0/s1. The maximum atomic E-state index is 12.3. The minimum absolute atomic E-state index is 0.0204. The molecule has 3 aromatic rings. The van der Waals surface area contributed by atoms with Crippen LogP contribution in [0.25, 0.3) is 0 Å². The molecular weight excluding hydrogens is 438 g/mol. The van der Waals surface area contributed by atoms with Crippen molar-refractivity contribution in [2.45, 2.75) is 36.9 Å². The number of nitro groups is 1. The third-order valence-corrected chi connectivity index (χ3v) is 6.39. The fourth-order valence-electron chi connectivity index (χ4n) is 3.53. The maximum absolute atomic E-state index is 12.3. The minimum atomic E-state index is -0.478. The zero-order valence-corrected chi connectivity index (χ0v) is 18.3. The van der Waals surface area contributed by atoms with Gasteiger partial charge in [-0.15, -0.1) is 10.2 Å². The summed E-state index contributed by atoms with van der Waals surface area (Å²) < 4.78 is 2.06. The highest BCUT2D eigenvalue weighted by atomic mass is 35.5.